The van der Waals surface area contributed by atoms with Gasteiger partial charge in [0.1, 0.15) is 0 Å². The molecular weight excluding hydrogens is 240 g/mol. The molecule has 0 unspecified atom stereocenters. The van der Waals surface area contributed by atoms with Gasteiger partial charge in [-0.15, -0.1) is 0 Å². The summed E-state index contributed by atoms with van der Waals surface area (Å²) in [5.41, 5.74) is 1.95. The summed E-state index contributed by atoms with van der Waals surface area (Å²) in [6.45, 7) is 3.75. The first-order valence-electron chi connectivity index (χ1n) is 5.86. The zero-order chi connectivity index (χ0) is 14.1. The van der Waals surface area contributed by atoms with Crippen LogP contribution < -0.4 is 16.4 Å². The van der Waals surface area contributed by atoms with Gasteiger partial charge in [0.2, 0.25) is 5.91 Å². The van der Waals surface area contributed by atoms with Crippen LogP contribution in [0, 0.1) is 5.92 Å². The summed E-state index contributed by atoms with van der Waals surface area (Å²) in [5, 5.41) is 20.0. The van der Waals surface area contributed by atoms with Crippen molar-refractivity contribution in [2.24, 2.45) is 11.8 Å². The van der Waals surface area contributed by atoms with Crippen LogP contribution in [0.3, 0.4) is 0 Å². The largest absolute Gasteiger partial charge is 0.550 e. The van der Waals surface area contributed by atoms with E-state index in [-0.39, 0.29) is 32.0 Å². The molecule has 0 aliphatic heterocycles. The lowest BCUT2D eigenvalue weighted by atomic mass is 9.95. The number of carbonyl (C=O) groups excluding carboxylic acids is 2. The monoisotopic (exact) mass is 261 g/mol. The van der Waals surface area contributed by atoms with E-state index in [1.165, 1.54) is 0 Å². The molecule has 0 aromatic carbocycles. The number of hydrogen-bond acceptors (Lipinski definition) is 6. The van der Waals surface area contributed by atoms with Crippen molar-refractivity contribution in [3.63, 3.8) is 0 Å². The molecule has 18 heavy (non-hydrogen) atoms. The molecule has 0 aliphatic rings. The standard InChI is InChI=1S/C11H22N2O5/c1-7(2)18-6-9(14)5-8(11(17)13-12)3-4-10(15)16/h7-9,14H,3-6,12H2,1-2H3,(H,13,17)(H,15,16)/p-1/t8-,9-/m0/s1. The highest BCUT2D eigenvalue weighted by molar-refractivity contribution is 5.78. The topological polar surface area (TPSA) is 125 Å². The Labute approximate surface area is 106 Å². The Hall–Kier alpha value is -1.18. The maximum Gasteiger partial charge on any atom is 0.237 e. The number of nitrogens with one attached hydrogen (secondary N) is 1. The molecule has 0 aromatic rings. The van der Waals surface area contributed by atoms with Gasteiger partial charge in [0.15, 0.2) is 0 Å². The lowest BCUT2D eigenvalue weighted by Crippen LogP contribution is -2.38. The molecule has 0 aliphatic carbocycles. The highest BCUT2D eigenvalue weighted by Gasteiger charge is 2.21. The first-order valence-corrected chi connectivity index (χ1v) is 5.86. The number of aliphatic hydroxyl groups is 1. The van der Waals surface area contributed by atoms with Gasteiger partial charge in [-0.2, -0.15) is 0 Å². The van der Waals surface area contributed by atoms with Crippen LogP contribution in [0.5, 0.6) is 0 Å². The number of carboxylic acids is 1. The van der Waals surface area contributed by atoms with Crippen LogP contribution in [-0.2, 0) is 14.3 Å². The van der Waals surface area contributed by atoms with Crippen LogP contribution >= 0.6 is 0 Å². The highest BCUT2D eigenvalue weighted by Crippen LogP contribution is 2.14. The van der Waals surface area contributed by atoms with Crippen LogP contribution in [0.2, 0.25) is 0 Å². The Morgan fingerprint density at radius 1 is 1.44 bits per heavy atom. The molecule has 0 spiro atoms. The van der Waals surface area contributed by atoms with Gasteiger partial charge in [0, 0.05) is 11.9 Å². The normalized spacial score (nSPS) is 14.3. The second kappa shape index (κ2) is 8.84. The van der Waals surface area contributed by atoms with E-state index in [9.17, 15) is 19.8 Å². The zero-order valence-electron chi connectivity index (χ0n) is 10.7. The fourth-order valence-corrected chi connectivity index (χ4v) is 1.47. The average molecular weight is 261 g/mol. The van der Waals surface area contributed by atoms with Gasteiger partial charge in [-0.05, 0) is 33.1 Å². The number of aliphatic carboxylic acids is 1. The molecular formula is C11H21N2O5-. The van der Waals surface area contributed by atoms with E-state index >= 15 is 0 Å². The van der Waals surface area contributed by atoms with Crippen molar-refractivity contribution in [3.05, 3.63) is 0 Å². The van der Waals surface area contributed by atoms with Crippen LogP contribution in [0.4, 0.5) is 0 Å². The van der Waals surface area contributed by atoms with Crippen molar-refractivity contribution in [2.45, 2.75) is 45.3 Å². The Bertz CT molecular complexity index is 270. The van der Waals surface area contributed by atoms with Gasteiger partial charge in [0.25, 0.3) is 0 Å². The number of nitrogens with two attached hydrogens (primary N) is 1. The zero-order valence-corrected chi connectivity index (χ0v) is 10.7. The average Bonchev–Trinajstić information content (AvgIpc) is 2.30. The van der Waals surface area contributed by atoms with Crippen LogP contribution in [0.1, 0.15) is 33.1 Å². The third kappa shape index (κ3) is 7.99. The van der Waals surface area contributed by atoms with E-state index in [4.69, 9.17) is 10.6 Å². The predicted molar refractivity (Wildman–Crippen MR) is 61.8 cm³/mol. The summed E-state index contributed by atoms with van der Waals surface area (Å²) in [6.07, 6.45) is -0.940. The SMILES string of the molecule is CC(C)OC[C@@H](O)C[C@H](CCC(=O)[O-])C(=O)NN. The molecule has 7 heteroatoms. The Balaban J connectivity index is 4.21. The molecule has 0 rings (SSSR count). The van der Waals surface area contributed by atoms with Crippen LogP contribution in [0.25, 0.3) is 0 Å². The molecule has 4 N–H and O–H groups in total. The van der Waals surface area contributed by atoms with E-state index < -0.39 is 23.9 Å². The Morgan fingerprint density at radius 2 is 2.06 bits per heavy atom. The smallest absolute Gasteiger partial charge is 0.237 e. The molecule has 0 radical (unpaired) electrons. The molecule has 106 valence electrons. The van der Waals surface area contributed by atoms with E-state index in [0.717, 1.165) is 0 Å². The third-order valence-electron chi connectivity index (χ3n) is 2.39. The molecule has 2 atom stereocenters. The summed E-state index contributed by atoms with van der Waals surface area (Å²) >= 11 is 0. The van der Waals surface area contributed by atoms with Crippen molar-refractivity contribution in [1.29, 1.82) is 0 Å². The van der Waals surface area contributed by atoms with E-state index in [1.807, 2.05) is 19.3 Å². The Kier molecular flexibility index (Phi) is 8.27. The number of ether oxygens (including phenoxy) is 1. The fourth-order valence-electron chi connectivity index (χ4n) is 1.47. The lowest BCUT2D eigenvalue weighted by Gasteiger charge is -2.20. The number of hydrazine groups is 1. The quantitative estimate of drug-likeness (QED) is 0.258. The summed E-state index contributed by atoms with van der Waals surface area (Å²) in [5.74, 6) is 2.60. The first-order chi connectivity index (χ1) is 8.36. The minimum Gasteiger partial charge on any atom is -0.550 e. The lowest BCUT2D eigenvalue weighted by molar-refractivity contribution is -0.305. The summed E-state index contributed by atoms with van der Waals surface area (Å²) < 4.78 is 5.20. The van der Waals surface area contributed by atoms with Crippen molar-refractivity contribution < 1.29 is 24.5 Å². The second-order valence-corrected chi connectivity index (χ2v) is 4.39. The van der Waals surface area contributed by atoms with Gasteiger partial charge in [-0.3, -0.25) is 10.2 Å². The van der Waals surface area contributed by atoms with Gasteiger partial charge >= 0.3 is 0 Å². The minimum absolute atomic E-state index is 0.0235. The number of carboxylic acid groups (broad SMARTS) is 1. The first kappa shape index (κ1) is 16.8. The Morgan fingerprint density at radius 3 is 2.50 bits per heavy atom. The molecule has 0 saturated carbocycles. The number of carbonyl (C=O) groups is 2. The van der Waals surface area contributed by atoms with Crippen LogP contribution in [-0.4, -0.2) is 35.8 Å². The molecule has 0 fully saturated rings. The van der Waals surface area contributed by atoms with Gasteiger partial charge in [0.05, 0.1) is 18.8 Å². The molecule has 1 amide bonds. The summed E-state index contributed by atoms with van der Waals surface area (Å²) in [7, 11) is 0. The third-order valence-corrected chi connectivity index (χ3v) is 2.39. The minimum atomic E-state index is -1.24. The molecule has 0 saturated heterocycles. The number of aliphatic hydroxyl groups excluding tert-OH is 1. The second-order valence-electron chi connectivity index (χ2n) is 4.39. The molecule has 0 heterocycles. The number of amides is 1. The van der Waals surface area contributed by atoms with Crippen molar-refractivity contribution in [2.75, 3.05) is 6.61 Å². The van der Waals surface area contributed by atoms with E-state index in [2.05, 4.69) is 0 Å². The number of rotatable bonds is 9. The van der Waals surface area contributed by atoms with E-state index in [0.29, 0.717) is 0 Å². The highest BCUT2D eigenvalue weighted by atomic mass is 16.5. The van der Waals surface area contributed by atoms with Crippen LogP contribution in [0.15, 0.2) is 0 Å². The summed E-state index contributed by atoms with van der Waals surface area (Å²) in [4.78, 5) is 21.8. The number of hydrogen-bond donors (Lipinski definition) is 3. The van der Waals surface area contributed by atoms with Gasteiger partial charge in [-0.1, -0.05) is 0 Å². The fraction of sp³-hybridized carbons (Fsp3) is 0.818. The maximum absolute atomic E-state index is 11.4. The maximum atomic E-state index is 11.4. The van der Waals surface area contributed by atoms with Gasteiger partial charge in [-0.25, -0.2) is 5.84 Å². The van der Waals surface area contributed by atoms with E-state index in [1.54, 1.807) is 0 Å². The van der Waals surface area contributed by atoms with Crippen molar-refractivity contribution in [3.8, 4) is 0 Å². The van der Waals surface area contributed by atoms with Crippen molar-refractivity contribution >= 4 is 11.9 Å². The van der Waals surface area contributed by atoms with Gasteiger partial charge < -0.3 is 19.7 Å². The molecule has 7 nitrogen and oxygen atoms in total. The molecule has 0 aromatic heterocycles. The predicted octanol–water partition coefficient (Wildman–Crippen LogP) is -1.70. The van der Waals surface area contributed by atoms with Crippen molar-refractivity contribution in [1.82, 2.24) is 5.43 Å². The molecule has 0 bridgehead atoms. The summed E-state index contributed by atoms with van der Waals surface area (Å²) in [6, 6.07) is 0.